The van der Waals surface area contributed by atoms with E-state index in [2.05, 4.69) is 21.4 Å². The fraction of sp³-hybridized carbons (Fsp3) is 0.250. The maximum atomic E-state index is 5.76. The minimum absolute atomic E-state index is 0.173. The Balaban J connectivity index is 2.42. The van der Waals surface area contributed by atoms with Crippen LogP contribution in [0.3, 0.4) is 0 Å². The highest BCUT2D eigenvalue weighted by atomic mass is 79.9. The largest absolute Gasteiger partial charge is 0.496 e. The summed E-state index contributed by atoms with van der Waals surface area (Å²) in [7, 11) is 1.65. The molecular weight excluding hydrogens is 332 g/mol. The van der Waals surface area contributed by atoms with Gasteiger partial charge in [-0.1, -0.05) is 34.1 Å². The van der Waals surface area contributed by atoms with E-state index in [9.17, 15) is 0 Å². The molecule has 0 heterocycles. The minimum Gasteiger partial charge on any atom is -0.496 e. The third-order valence-electron chi connectivity index (χ3n) is 3.18. The summed E-state index contributed by atoms with van der Waals surface area (Å²) in [5, 5.41) is 0. The van der Waals surface area contributed by atoms with Crippen LogP contribution < -0.4 is 20.7 Å². The first-order chi connectivity index (χ1) is 10.2. The third kappa shape index (κ3) is 3.75. The molecule has 0 aromatic heterocycles. The van der Waals surface area contributed by atoms with Gasteiger partial charge in [0.15, 0.2) is 0 Å². The number of methoxy groups -OCH3 is 1. The van der Waals surface area contributed by atoms with Crippen LogP contribution in [0.15, 0.2) is 46.9 Å². The number of hydrazine groups is 1. The van der Waals surface area contributed by atoms with E-state index in [4.69, 9.17) is 15.3 Å². The molecule has 3 N–H and O–H groups in total. The number of ether oxygens (including phenoxy) is 2. The summed E-state index contributed by atoms with van der Waals surface area (Å²) in [5.41, 5.74) is 4.83. The second kappa shape index (κ2) is 7.45. The number of halogens is 1. The van der Waals surface area contributed by atoms with E-state index in [0.717, 1.165) is 27.1 Å². The van der Waals surface area contributed by atoms with Crippen molar-refractivity contribution in [3.63, 3.8) is 0 Å². The summed E-state index contributed by atoms with van der Waals surface area (Å²) in [4.78, 5) is 0. The molecule has 2 rings (SSSR count). The molecule has 0 saturated carbocycles. The summed E-state index contributed by atoms with van der Waals surface area (Å²) < 4.78 is 12.0. The molecule has 0 saturated heterocycles. The van der Waals surface area contributed by atoms with Gasteiger partial charge in [-0.3, -0.25) is 5.84 Å². The molecule has 21 heavy (non-hydrogen) atoms. The van der Waals surface area contributed by atoms with Gasteiger partial charge in [0, 0.05) is 10.0 Å². The second-order valence-corrected chi connectivity index (χ2v) is 5.41. The molecule has 0 amide bonds. The van der Waals surface area contributed by atoms with Crippen molar-refractivity contribution in [2.45, 2.75) is 13.0 Å². The van der Waals surface area contributed by atoms with Gasteiger partial charge in [0.1, 0.15) is 11.5 Å². The molecule has 0 radical (unpaired) electrons. The van der Waals surface area contributed by atoms with Gasteiger partial charge in [-0.15, -0.1) is 0 Å². The molecule has 0 aliphatic carbocycles. The zero-order valence-electron chi connectivity index (χ0n) is 12.1. The lowest BCUT2D eigenvalue weighted by Gasteiger charge is -2.20. The average Bonchev–Trinajstić information content (AvgIpc) is 2.50. The van der Waals surface area contributed by atoms with E-state index in [1.807, 2.05) is 49.4 Å². The fourth-order valence-electron chi connectivity index (χ4n) is 2.24. The molecule has 0 aliphatic heterocycles. The SMILES string of the molecule is CCOc1cccc(C(NN)c2ccc(Br)cc2OC)c1. The smallest absolute Gasteiger partial charge is 0.125 e. The van der Waals surface area contributed by atoms with Gasteiger partial charge in [0.2, 0.25) is 0 Å². The lowest BCUT2D eigenvalue weighted by Crippen LogP contribution is -2.29. The average molecular weight is 351 g/mol. The number of nitrogens with two attached hydrogens (primary N) is 1. The molecule has 5 heteroatoms. The van der Waals surface area contributed by atoms with E-state index in [-0.39, 0.29) is 6.04 Å². The van der Waals surface area contributed by atoms with Crippen LogP contribution in [0, 0.1) is 0 Å². The van der Waals surface area contributed by atoms with Crippen molar-refractivity contribution in [3.05, 3.63) is 58.1 Å². The van der Waals surface area contributed by atoms with Crippen LogP contribution in [0.1, 0.15) is 24.1 Å². The van der Waals surface area contributed by atoms with Crippen molar-refractivity contribution >= 4 is 15.9 Å². The maximum Gasteiger partial charge on any atom is 0.125 e. The summed E-state index contributed by atoms with van der Waals surface area (Å²) in [5.74, 6) is 7.36. The fourth-order valence-corrected chi connectivity index (χ4v) is 2.58. The third-order valence-corrected chi connectivity index (χ3v) is 3.67. The van der Waals surface area contributed by atoms with E-state index in [1.54, 1.807) is 7.11 Å². The molecule has 0 spiro atoms. The number of hydrogen-bond donors (Lipinski definition) is 2. The van der Waals surface area contributed by atoms with Crippen LogP contribution in [0.4, 0.5) is 0 Å². The Hall–Kier alpha value is -1.56. The minimum atomic E-state index is -0.173. The number of benzene rings is 2. The van der Waals surface area contributed by atoms with Crippen LogP contribution in [-0.2, 0) is 0 Å². The summed E-state index contributed by atoms with van der Waals surface area (Å²) >= 11 is 3.44. The quantitative estimate of drug-likeness (QED) is 0.619. The monoisotopic (exact) mass is 350 g/mol. The standard InChI is InChI=1S/C16H19BrN2O2/c1-3-21-13-6-4-5-11(9-13)16(19-18)14-8-7-12(17)10-15(14)20-2/h4-10,16,19H,3,18H2,1-2H3. The summed E-state index contributed by atoms with van der Waals surface area (Å²) in [6, 6.07) is 13.6. The van der Waals surface area contributed by atoms with Gasteiger partial charge in [0.25, 0.3) is 0 Å². The molecule has 4 nitrogen and oxygen atoms in total. The molecule has 0 aliphatic rings. The Labute approximate surface area is 133 Å². The normalized spacial score (nSPS) is 12.0. The van der Waals surface area contributed by atoms with Crippen LogP contribution in [-0.4, -0.2) is 13.7 Å². The van der Waals surface area contributed by atoms with Crippen molar-refractivity contribution in [2.24, 2.45) is 5.84 Å². The molecule has 0 fully saturated rings. The second-order valence-electron chi connectivity index (χ2n) is 4.49. The predicted molar refractivity (Wildman–Crippen MR) is 87.5 cm³/mol. The Morgan fingerprint density at radius 1 is 1.24 bits per heavy atom. The lowest BCUT2D eigenvalue weighted by atomic mass is 9.98. The summed E-state index contributed by atoms with van der Waals surface area (Å²) in [6.45, 7) is 2.59. The van der Waals surface area contributed by atoms with Gasteiger partial charge in [-0.2, -0.15) is 0 Å². The molecular formula is C16H19BrN2O2. The van der Waals surface area contributed by atoms with Crippen LogP contribution in [0.25, 0.3) is 0 Å². The van der Waals surface area contributed by atoms with Crippen molar-refractivity contribution < 1.29 is 9.47 Å². The zero-order chi connectivity index (χ0) is 15.2. The molecule has 0 bridgehead atoms. The molecule has 1 unspecified atom stereocenters. The van der Waals surface area contributed by atoms with E-state index >= 15 is 0 Å². The molecule has 2 aromatic rings. The molecule has 2 aromatic carbocycles. The predicted octanol–water partition coefficient (Wildman–Crippen LogP) is 3.41. The first-order valence-electron chi connectivity index (χ1n) is 6.72. The Kier molecular flexibility index (Phi) is 5.61. The van der Waals surface area contributed by atoms with Gasteiger partial charge in [-0.25, -0.2) is 5.43 Å². The first kappa shape index (κ1) is 15.8. The molecule has 1 atom stereocenters. The Bertz CT molecular complexity index is 605. The lowest BCUT2D eigenvalue weighted by molar-refractivity contribution is 0.339. The van der Waals surface area contributed by atoms with E-state index in [1.165, 1.54) is 0 Å². The topological polar surface area (TPSA) is 56.5 Å². The van der Waals surface area contributed by atoms with Gasteiger partial charge in [0.05, 0.1) is 19.8 Å². The molecule has 112 valence electrons. The highest BCUT2D eigenvalue weighted by molar-refractivity contribution is 9.10. The van der Waals surface area contributed by atoms with Crippen molar-refractivity contribution in [1.29, 1.82) is 0 Å². The zero-order valence-corrected chi connectivity index (χ0v) is 13.7. The van der Waals surface area contributed by atoms with Crippen LogP contribution in [0.5, 0.6) is 11.5 Å². The van der Waals surface area contributed by atoms with Crippen molar-refractivity contribution in [1.82, 2.24) is 5.43 Å². The highest BCUT2D eigenvalue weighted by Gasteiger charge is 2.17. The highest BCUT2D eigenvalue weighted by Crippen LogP contribution is 2.33. The van der Waals surface area contributed by atoms with Crippen LogP contribution >= 0.6 is 15.9 Å². The van der Waals surface area contributed by atoms with Crippen molar-refractivity contribution in [2.75, 3.05) is 13.7 Å². The number of hydrogen-bond acceptors (Lipinski definition) is 4. The van der Waals surface area contributed by atoms with Gasteiger partial charge in [-0.05, 0) is 36.8 Å². The van der Waals surface area contributed by atoms with Gasteiger partial charge >= 0.3 is 0 Å². The maximum absolute atomic E-state index is 5.76. The number of rotatable bonds is 6. The van der Waals surface area contributed by atoms with Crippen molar-refractivity contribution in [3.8, 4) is 11.5 Å². The van der Waals surface area contributed by atoms with E-state index < -0.39 is 0 Å². The Morgan fingerprint density at radius 3 is 2.71 bits per heavy atom. The van der Waals surface area contributed by atoms with Crippen LogP contribution in [0.2, 0.25) is 0 Å². The van der Waals surface area contributed by atoms with E-state index in [0.29, 0.717) is 6.61 Å². The number of nitrogens with one attached hydrogen (secondary N) is 1. The van der Waals surface area contributed by atoms with Gasteiger partial charge < -0.3 is 9.47 Å². The summed E-state index contributed by atoms with van der Waals surface area (Å²) in [6.07, 6.45) is 0. The Morgan fingerprint density at radius 2 is 2.05 bits per heavy atom. The first-order valence-corrected chi connectivity index (χ1v) is 7.51.